The Bertz CT molecular complexity index is 1500. The Morgan fingerprint density at radius 2 is 1.40 bits per heavy atom. The molecule has 0 bridgehead atoms. The van der Waals surface area contributed by atoms with Gasteiger partial charge in [-0.3, -0.25) is 0 Å². The summed E-state index contributed by atoms with van der Waals surface area (Å²) in [5, 5.41) is 23.9. The quantitative estimate of drug-likeness (QED) is 0.250. The third-order valence-corrected chi connectivity index (χ3v) is 5.90. The van der Waals surface area contributed by atoms with E-state index in [1.54, 1.807) is 6.07 Å². The SMILES string of the molecule is NCC(Cc1n[nH]c(=O)n1-c1cccc(-c2ccc(N3CCNCC3)cc2)c1)=C(F)F.O=C(O)C(F)(F)F.O=C(O)C(F)(F)F. The molecule has 0 spiro atoms. The molecule has 0 aliphatic carbocycles. The highest BCUT2D eigenvalue weighted by Crippen LogP contribution is 2.26. The van der Waals surface area contributed by atoms with Gasteiger partial charge in [-0.2, -0.15) is 40.2 Å². The molecule has 0 radical (unpaired) electrons. The Balaban J connectivity index is 0.000000421. The van der Waals surface area contributed by atoms with Crippen LogP contribution >= 0.6 is 0 Å². The number of alkyl halides is 6. The number of nitrogens with zero attached hydrogens (tertiary/aromatic N) is 3. The second-order valence-corrected chi connectivity index (χ2v) is 8.97. The van der Waals surface area contributed by atoms with E-state index in [0.717, 1.165) is 37.3 Å². The van der Waals surface area contributed by atoms with Crippen molar-refractivity contribution in [3.63, 3.8) is 0 Å². The van der Waals surface area contributed by atoms with Crippen molar-refractivity contribution in [2.45, 2.75) is 18.8 Å². The molecular weight excluding hydrogens is 628 g/mol. The monoisotopic (exact) mass is 654 g/mol. The Morgan fingerprint density at radius 1 is 0.867 bits per heavy atom. The average molecular weight is 655 g/mol. The first-order chi connectivity index (χ1) is 20.9. The molecule has 2 heterocycles. The molecule has 6 N–H and O–H groups in total. The summed E-state index contributed by atoms with van der Waals surface area (Å²) < 4.78 is 90.9. The number of benzene rings is 2. The van der Waals surface area contributed by atoms with Crippen molar-refractivity contribution in [3.05, 3.63) is 76.5 Å². The van der Waals surface area contributed by atoms with Gasteiger partial charge in [0.2, 0.25) is 0 Å². The van der Waals surface area contributed by atoms with Crippen molar-refractivity contribution in [1.82, 2.24) is 20.1 Å². The Kier molecular flexibility index (Phi) is 12.8. The lowest BCUT2D eigenvalue weighted by molar-refractivity contribution is -0.193. The van der Waals surface area contributed by atoms with Crippen molar-refractivity contribution < 1.29 is 54.9 Å². The van der Waals surface area contributed by atoms with Gasteiger partial charge in [0.1, 0.15) is 5.82 Å². The van der Waals surface area contributed by atoms with Crippen molar-refractivity contribution in [2.75, 3.05) is 37.6 Å². The summed E-state index contributed by atoms with van der Waals surface area (Å²) in [6.45, 7) is 3.58. The number of hydrogen-bond donors (Lipinski definition) is 5. The van der Waals surface area contributed by atoms with E-state index in [2.05, 4.69) is 32.5 Å². The smallest absolute Gasteiger partial charge is 0.475 e. The summed E-state index contributed by atoms with van der Waals surface area (Å²) in [5.41, 5.74) is 8.30. The number of carbonyl (C=O) groups is 2. The van der Waals surface area contributed by atoms with Crippen LogP contribution in [0.1, 0.15) is 5.82 Å². The van der Waals surface area contributed by atoms with Crippen LogP contribution in [-0.2, 0) is 16.0 Å². The largest absolute Gasteiger partial charge is 0.490 e. The minimum absolute atomic E-state index is 0.185. The summed E-state index contributed by atoms with van der Waals surface area (Å²) in [6, 6.07) is 15.6. The van der Waals surface area contributed by atoms with Gasteiger partial charge in [0.25, 0.3) is 6.08 Å². The number of rotatable bonds is 6. The predicted octanol–water partition coefficient (Wildman–Crippen LogP) is 3.56. The fourth-order valence-corrected chi connectivity index (χ4v) is 3.73. The molecule has 246 valence electrons. The van der Waals surface area contributed by atoms with E-state index in [4.69, 9.17) is 25.5 Å². The van der Waals surface area contributed by atoms with Crippen LogP contribution in [0.2, 0.25) is 0 Å². The van der Waals surface area contributed by atoms with Gasteiger partial charge in [0.15, 0.2) is 0 Å². The zero-order valence-corrected chi connectivity index (χ0v) is 22.9. The minimum Gasteiger partial charge on any atom is -0.475 e. The van der Waals surface area contributed by atoms with Gasteiger partial charge in [0, 0.05) is 50.4 Å². The van der Waals surface area contributed by atoms with E-state index < -0.39 is 36.1 Å². The molecular formula is C26H26F8N6O5. The molecule has 19 heteroatoms. The molecule has 2 aromatic carbocycles. The lowest BCUT2D eigenvalue weighted by Crippen LogP contribution is -2.43. The predicted molar refractivity (Wildman–Crippen MR) is 144 cm³/mol. The van der Waals surface area contributed by atoms with Crippen LogP contribution in [0.5, 0.6) is 0 Å². The van der Waals surface area contributed by atoms with Gasteiger partial charge < -0.3 is 26.2 Å². The lowest BCUT2D eigenvalue weighted by atomic mass is 10.0. The summed E-state index contributed by atoms with van der Waals surface area (Å²) in [7, 11) is 0. The molecule has 1 aliphatic rings. The standard InChI is InChI=1S/C22H24F2N6O.2C2HF3O2/c23-21(24)17(14-25)13-20-27-28-22(31)30(20)19-3-1-2-16(12-19)15-4-6-18(7-5-15)29-10-8-26-9-11-29;2*3-2(4,5)1(6)7/h1-7,12,26H,8-11,13-14,25H2,(H,28,31);2*(H,6,7). The molecule has 0 atom stereocenters. The Labute approximate surface area is 248 Å². The number of carboxylic acids is 2. The first kappa shape index (κ1) is 36.4. The van der Waals surface area contributed by atoms with E-state index >= 15 is 0 Å². The number of carboxylic acid groups (broad SMARTS) is 2. The van der Waals surface area contributed by atoms with Crippen LogP contribution in [-0.4, -0.2) is 82.0 Å². The first-order valence-corrected chi connectivity index (χ1v) is 12.6. The number of hydrogen-bond acceptors (Lipinski definition) is 7. The second kappa shape index (κ2) is 15.8. The van der Waals surface area contributed by atoms with Crippen LogP contribution in [0.25, 0.3) is 16.8 Å². The Morgan fingerprint density at radius 3 is 1.87 bits per heavy atom. The van der Waals surface area contributed by atoms with E-state index in [0.29, 0.717) is 5.69 Å². The summed E-state index contributed by atoms with van der Waals surface area (Å²) in [4.78, 5) is 32.5. The molecule has 1 aliphatic heterocycles. The number of H-pyrrole nitrogens is 1. The number of aliphatic carboxylic acids is 2. The van der Waals surface area contributed by atoms with E-state index in [1.807, 2.05) is 30.3 Å². The van der Waals surface area contributed by atoms with Gasteiger partial charge in [-0.25, -0.2) is 24.0 Å². The van der Waals surface area contributed by atoms with Crippen molar-refractivity contribution in [3.8, 4) is 16.8 Å². The number of aromatic nitrogens is 3. The first-order valence-electron chi connectivity index (χ1n) is 12.6. The molecule has 1 saturated heterocycles. The number of aromatic amines is 1. The third-order valence-electron chi connectivity index (χ3n) is 5.90. The van der Waals surface area contributed by atoms with E-state index in [-0.39, 0.29) is 24.4 Å². The van der Waals surface area contributed by atoms with E-state index in [1.165, 1.54) is 10.3 Å². The number of anilines is 1. The van der Waals surface area contributed by atoms with Crippen molar-refractivity contribution in [1.29, 1.82) is 0 Å². The van der Waals surface area contributed by atoms with Crippen LogP contribution < -0.4 is 21.6 Å². The third kappa shape index (κ3) is 11.0. The van der Waals surface area contributed by atoms with Gasteiger partial charge >= 0.3 is 30.0 Å². The molecule has 0 amide bonds. The Hall–Kier alpha value is -4.78. The summed E-state index contributed by atoms with van der Waals surface area (Å²) in [6.07, 6.45) is -12.2. The van der Waals surface area contributed by atoms with Crippen LogP contribution in [0.4, 0.5) is 40.8 Å². The molecule has 3 aromatic rings. The van der Waals surface area contributed by atoms with Crippen LogP contribution in [0, 0.1) is 0 Å². The van der Waals surface area contributed by atoms with Gasteiger partial charge in [-0.15, -0.1) is 0 Å². The summed E-state index contributed by atoms with van der Waals surface area (Å²) in [5.74, 6) is -5.33. The van der Waals surface area contributed by atoms with Gasteiger partial charge in [-0.05, 0) is 35.4 Å². The highest BCUT2D eigenvalue weighted by molar-refractivity contribution is 5.73. The van der Waals surface area contributed by atoms with E-state index in [9.17, 15) is 39.9 Å². The fourth-order valence-electron chi connectivity index (χ4n) is 3.73. The molecule has 11 nitrogen and oxygen atoms in total. The molecule has 1 aromatic heterocycles. The fraction of sp³-hybridized carbons (Fsp3) is 0.308. The zero-order valence-electron chi connectivity index (χ0n) is 22.9. The lowest BCUT2D eigenvalue weighted by Gasteiger charge is -2.29. The highest BCUT2D eigenvalue weighted by Gasteiger charge is 2.38. The molecule has 45 heavy (non-hydrogen) atoms. The number of nitrogens with one attached hydrogen (secondary N) is 2. The van der Waals surface area contributed by atoms with Crippen LogP contribution in [0.15, 0.2) is 65.0 Å². The van der Waals surface area contributed by atoms with Crippen molar-refractivity contribution in [2.24, 2.45) is 5.73 Å². The van der Waals surface area contributed by atoms with Crippen molar-refractivity contribution >= 4 is 17.6 Å². The van der Waals surface area contributed by atoms with Gasteiger partial charge in [-0.1, -0.05) is 24.3 Å². The molecule has 1 fully saturated rings. The maximum absolute atomic E-state index is 13.0. The molecule has 4 rings (SSSR count). The molecule has 0 unspecified atom stereocenters. The number of nitrogens with two attached hydrogens (primary N) is 1. The van der Waals surface area contributed by atoms with Gasteiger partial charge in [0.05, 0.1) is 5.69 Å². The number of halogens is 8. The maximum Gasteiger partial charge on any atom is 0.490 e. The number of piperazine rings is 1. The minimum atomic E-state index is -5.08. The average Bonchev–Trinajstić information content (AvgIpc) is 3.35. The van der Waals surface area contributed by atoms with Crippen LogP contribution in [0.3, 0.4) is 0 Å². The molecule has 0 saturated carbocycles. The maximum atomic E-state index is 13.0. The zero-order chi connectivity index (χ0) is 33.9. The topological polar surface area (TPSA) is 167 Å². The normalized spacial score (nSPS) is 13.1. The summed E-state index contributed by atoms with van der Waals surface area (Å²) >= 11 is 0. The second-order valence-electron chi connectivity index (χ2n) is 8.97. The highest BCUT2D eigenvalue weighted by atomic mass is 19.4.